The molecule has 0 aliphatic carbocycles. The Morgan fingerprint density at radius 2 is 1.86 bits per heavy atom. The van der Waals surface area contributed by atoms with Crippen LogP contribution in [0.4, 0.5) is 18.9 Å². The number of aryl methyl sites for hydroxylation is 1. The van der Waals surface area contributed by atoms with Gasteiger partial charge in [0.1, 0.15) is 12.3 Å². The second-order valence-electron chi connectivity index (χ2n) is 7.69. The number of aromatic nitrogens is 3. The van der Waals surface area contributed by atoms with Crippen LogP contribution < -0.4 is 15.8 Å². The van der Waals surface area contributed by atoms with Gasteiger partial charge in [0.2, 0.25) is 11.8 Å². The van der Waals surface area contributed by atoms with Crippen LogP contribution in [0.5, 0.6) is 5.75 Å². The van der Waals surface area contributed by atoms with Crippen molar-refractivity contribution in [1.29, 1.82) is 0 Å². The zero-order chi connectivity index (χ0) is 25.3. The molecular weight excluding hydrogens is 463 g/mol. The number of rotatable bonds is 6. The lowest BCUT2D eigenvalue weighted by atomic mass is 10.0. The first-order chi connectivity index (χ1) is 16.6. The second kappa shape index (κ2) is 9.09. The van der Waals surface area contributed by atoms with Crippen LogP contribution in [0, 0.1) is 6.92 Å². The van der Waals surface area contributed by atoms with Crippen molar-refractivity contribution in [3.05, 3.63) is 71.4 Å². The van der Waals surface area contributed by atoms with Gasteiger partial charge < -0.3 is 15.8 Å². The molecule has 3 N–H and O–H groups in total. The molecule has 11 heteroatoms. The van der Waals surface area contributed by atoms with Gasteiger partial charge >= 0.3 is 6.18 Å². The highest BCUT2D eigenvalue weighted by Gasteiger charge is 2.36. The molecule has 2 aromatic carbocycles. The fraction of sp³-hybridized carbons (Fsp3) is 0.167. The number of hydrogen-bond donors (Lipinski definition) is 2. The number of hydrogen-bond acceptors (Lipinski definition) is 5. The number of carbonyl (C=O) groups is 2. The van der Waals surface area contributed by atoms with Gasteiger partial charge in [0.15, 0.2) is 5.65 Å². The van der Waals surface area contributed by atoms with Crippen LogP contribution in [-0.2, 0) is 17.5 Å². The van der Waals surface area contributed by atoms with E-state index in [-0.39, 0.29) is 28.0 Å². The van der Waals surface area contributed by atoms with Crippen LogP contribution in [0.25, 0.3) is 22.3 Å². The molecule has 4 aromatic rings. The van der Waals surface area contributed by atoms with E-state index in [0.717, 1.165) is 10.7 Å². The number of anilines is 1. The zero-order valence-corrected chi connectivity index (χ0v) is 18.7. The molecule has 0 aliphatic rings. The summed E-state index contributed by atoms with van der Waals surface area (Å²) in [5.41, 5.74) is 5.21. The molecule has 0 radical (unpaired) electrons. The Labute approximate surface area is 197 Å². The Balaban J connectivity index is 1.78. The van der Waals surface area contributed by atoms with Crippen LogP contribution in [0.1, 0.15) is 21.6 Å². The number of halogens is 3. The number of primary amides is 1. The zero-order valence-electron chi connectivity index (χ0n) is 18.7. The Bertz CT molecular complexity index is 1450. The van der Waals surface area contributed by atoms with E-state index in [1.54, 1.807) is 36.4 Å². The molecule has 2 heterocycles. The standard InChI is InChI=1S/C24H20F3N5O3/c1-13-21-17(24(25,26)27)11-18(16-8-3-4-9-19(16)35-2)30-23(21)32(31-13)12-20(33)29-15-7-5-6-14(10-15)22(28)34/h3-11H,12H2,1-2H3,(H2,28,34)(H,29,33). The molecule has 0 saturated carbocycles. The largest absolute Gasteiger partial charge is 0.496 e. The van der Waals surface area contributed by atoms with E-state index in [1.807, 2.05) is 0 Å². The number of benzene rings is 2. The van der Waals surface area contributed by atoms with Gasteiger partial charge in [0.25, 0.3) is 0 Å². The summed E-state index contributed by atoms with van der Waals surface area (Å²) in [6.07, 6.45) is -4.69. The van der Waals surface area contributed by atoms with Crippen molar-refractivity contribution in [1.82, 2.24) is 14.8 Å². The third kappa shape index (κ3) is 4.79. The highest BCUT2D eigenvalue weighted by molar-refractivity contribution is 5.96. The van der Waals surface area contributed by atoms with Crippen molar-refractivity contribution < 1.29 is 27.5 Å². The van der Waals surface area contributed by atoms with E-state index in [1.165, 1.54) is 26.2 Å². The van der Waals surface area contributed by atoms with Crippen molar-refractivity contribution in [2.75, 3.05) is 12.4 Å². The number of fused-ring (bicyclic) bond motifs is 1. The maximum atomic E-state index is 14.0. The van der Waals surface area contributed by atoms with Crippen LogP contribution in [-0.4, -0.2) is 33.7 Å². The fourth-order valence-electron chi connectivity index (χ4n) is 3.77. The summed E-state index contributed by atoms with van der Waals surface area (Å²) in [7, 11) is 1.41. The summed E-state index contributed by atoms with van der Waals surface area (Å²) < 4.78 is 48.5. The van der Waals surface area contributed by atoms with Crippen molar-refractivity contribution in [2.45, 2.75) is 19.6 Å². The van der Waals surface area contributed by atoms with E-state index in [9.17, 15) is 22.8 Å². The minimum atomic E-state index is -4.69. The van der Waals surface area contributed by atoms with E-state index in [0.29, 0.717) is 17.0 Å². The van der Waals surface area contributed by atoms with Gasteiger partial charge in [-0.1, -0.05) is 18.2 Å². The van der Waals surface area contributed by atoms with Gasteiger partial charge in [-0.25, -0.2) is 9.67 Å². The summed E-state index contributed by atoms with van der Waals surface area (Å²) in [5, 5.41) is 6.55. The molecule has 0 bridgehead atoms. The number of ether oxygens (including phenoxy) is 1. The lowest BCUT2D eigenvalue weighted by molar-refractivity contribution is -0.136. The minimum Gasteiger partial charge on any atom is -0.496 e. The van der Waals surface area contributed by atoms with Crippen molar-refractivity contribution in [2.24, 2.45) is 5.73 Å². The normalized spacial score (nSPS) is 11.5. The molecule has 4 rings (SSSR count). The first-order valence-corrected chi connectivity index (χ1v) is 10.4. The van der Waals surface area contributed by atoms with E-state index in [2.05, 4.69) is 15.4 Å². The van der Waals surface area contributed by atoms with E-state index >= 15 is 0 Å². The van der Waals surface area contributed by atoms with Crippen molar-refractivity contribution >= 4 is 28.5 Å². The lowest BCUT2D eigenvalue weighted by Gasteiger charge is -2.13. The number of nitrogens with one attached hydrogen (secondary N) is 1. The molecule has 2 aromatic heterocycles. The molecule has 0 aliphatic heterocycles. The topological polar surface area (TPSA) is 112 Å². The van der Waals surface area contributed by atoms with Gasteiger partial charge in [-0.2, -0.15) is 18.3 Å². The average Bonchev–Trinajstić information content (AvgIpc) is 3.12. The van der Waals surface area contributed by atoms with Gasteiger partial charge in [-0.15, -0.1) is 0 Å². The van der Waals surface area contributed by atoms with Crippen LogP contribution in [0.2, 0.25) is 0 Å². The first kappa shape index (κ1) is 23.7. The number of pyridine rings is 1. The summed E-state index contributed by atoms with van der Waals surface area (Å²) in [5.74, 6) is -0.890. The Hall–Kier alpha value is -4.41. The van der Waals surface area contributed by atoms with Gasteiger partial charge in [-0.3, -0.25) is 9.59 Å². The average molecular weight is 483 g/mol. The van der Waals surface area contributed by atoms with E-state index in [4.69, 9.17) is 10.5 Å². The molecule has 0 atom stereocenters. The highest BCUT2D eigenvalue weighted by atomic mass is 19.4. The molecule has 8 nitrogen and oxygen atoms in total. The van der Waals surface area contributed by atoms with Crippen LogP contribution in [0.3, 0.4) is 0 Å². The maximum Gasteiger partial charge on any atom is 0.417 e. The Kier molecular flexibility index (Phi) is 6.16. The van der Waals surface area contributed by atoms with Crippen molar-refractivity contribution in [3.63, 3.8) is 0 Å². The molecule has 0 spiro atoms. The van der Waals surface area contributed by atoms with Gasteiger partial charge in [0, 0.05) is 16.8 Å². The minimum absolute atomic E-state index is 0.0259. The first-order valence-electron chi connectivity index (χ1n) is 10.4. The van der Waals surface area contributed by atoms with E-state index < -0.39 is 30.1 Å². The second-order valence-corrected chi connectivity index (χ2v) is 7.69. The summed E-state index contributed by atoms with van der Waals surface area (Å²) in [6.45, 7) is 1.01. The highest BCUT2D eigenvalue weighted by Crippen LogP contribution is 2.39. The molecule has 35 heavy (non-hydrogen) atoms. The number of carbonyl (C=O) groups excluding carboxylic acids is 2. The van der Waals surface area contributed by atoms with Gasteiger partial charge in [0.05, 0.1) is 29.4 Å². The number of amides is 2. The summed E-state index contributed by atoms with van der Waals surface area (Å²) in [6, 6.07) is 13.5. The molecule has 0 unspecified atom stereocenters. The predicted octanol–water partition coefficient (Wildman–Crippen LogP) is 4.17. The SMILES string of the molecule is COc1ccccc1-c1cc(C(F)(F)F)c2c(C)nn(CC(=O)Nc3cccc(C(N)=O)c3)c2n1. The van der Waals surface area contributed by atoms with Crippen LogP contribution in [0.15, 0.2) is 54.6 Å². The number of methoxy groups -OCH3 is 1. The number of alkyl halides is 3. The smallest absolute Gasteiger partial charge is 0.417 e. The Morgan fingerprint density at radius 3 is 2.54 bits per heavy atom. The van der Waals surface area contributed by atoms with Gasteiger partial charge in [-0.05, 0) is 43.3 Å². The molecule has 180 valence electrons. The Morgan fingerprint density at radius 1 is 1.11 bits per heavy atom. The molecule has 2 amide bonds. The predicted molar refractivity (Wildman–Crippen MR) is 123 cm³/mol. The number of nitrogens with zero attached hydrogens (tertiary/aromatic N) is 3. The summed E-state index contributed by atoms with van der Waals surface area (Å²) >= 11 is 0. The number of para-hydroxylation sites is 1. The summed E-state index contributed by atoms with van der Waals surface area (Å²) in [4.78, 5) is 28.5. The monoisotopic (exact) mass is 483 g/mol. The molecule has 0 fully saturated rings. The molecular formula is C24H20F3N5O3. The van der Waals surface area contributed by atoms with Crippen LogP contribution >= 0.6 is 0 Å². The third-order valence-electron chi connectivity index (χ3n) is 5.29. The maximum absolute atomic E-state index is 14.0. The quantitative estimate of drug-likeness (QED) is 0.428. The fourth-order valence-corrected chi connectivity index (χ4v) is 3.77. The lowest BCUT2D eigenvalue weighted by Crippen LogP contribution is -2.20. The van der Waals surface area contributed by atoms with Crippen molar-refractivity contribution in [3.8, 4) is 17.0 Å². The molecule has 0 saturated heterocycles. The third-order valence-corrected chi connectivity index (χ3v) is 5.29. The number of nitrogens with two attached hydrogens (primary N) is 1.